The van der Waals surface area contributed by atoms with Crippen molar-refractivity contribution in [3.05, 3.63) is 64.7 Å². The lowest BCUT2D eigenvalue weighted by Crippen LogP contribution is -2.06. The van der Waals surface area contributed by atoms with Gasteiger partial charge in [-0.2, -0.15) is 0 Å². The molecule has 0 N–H and O–H groups in total. The first kappa shape index (κ1) is 15.1. The van der Waals surface area contributed by atoms with Crippen LogP contribution in [0.3, 0.4) is 0 Å². The van der Waals surface area contributed by atoms with Crippen molar-refractivity contribution in [2.24, 2.45) is 0 Å². The van der Waals surface area contributed by atoms with Gasteiger partial charge in [-0.3, -0.25) is 0 Å². The minimum absolute atomic E-state index is 0.193. The van der Waals surface area contributed by atoms with Gasteiger partial charge in [0, 0.05) is 0 Å². The highest BCUT2D eigenvalue weighted by Gasteiger charge is 2.14. The number of hydrogen-bond donors (Lipinski definition) is 0. The number of halogens is 1. The van der Waals surface area contributed by atoms with Gasteiger partial charge in [0.2, 0.25) is 0 Å². The average molecular weight is 333 g/mol. The third kappa shape index (κ3) is 3.63. The molecule has 2 rings (SSSR count). The molecule has 2 aromatic rings. The predicted molar refractivity (Wildman–Crippen MR) is 88.9 cm³/mol. The van der Waals surface area contributed by atoms with Crippen LogP contribution in [0.25, 0.3) is 0 Å². The monoisotopic (exact) mass is 332 g/mol. The van der Waals surface area contributed by atoms with Crippen LogP contribution < -0.4 is 4.74 Å². The minimum Gasteiger partial charge on any atom is -0.491 e. The molecule has 1 unspecified atom stereocenters. The van der Waals surface area contributed by atoms with Crippen molar-refractivity contribution in [3.63, 3.8) is 0 Å². The largest absolute Gasteiger partial charge is 0.491 e. The van der Waals surface area contributed by atoms with Crippen LogP contribution in [0.2, 0.25) is 0 Å². The molecule has 0 bridgehead atoms. The summed E-state index contributed by atoms with van der Waals surface area (Å²) in [5, 5.41) is 0. The SMILES string of the molecule is Cc1ccc(C)c(C(Br)c2cccc(OC(C)C)c2)c1. The molecule has 2 heteroatoms. The van der Waals surface area contributed by atoms with Gasteiger partial charge in [-0.15, -0.1) is 0 Å². The van der Waals surface area contributed by atoms with E-state index < -0.39 is 0 Å². The minimum atomic E-state index is 0.193. The summed E-state index contributed by atoms with van der Waals surface area (Å²) in [7, 11) is 0. The van der Waals surface area contributed by atoms with Crippen LogP contribution in [-0.4, -0.2) is 6.10 Å². The van der Waals surface area contributed by atoms with Crippen LogP contribution in [-0.2, 0) is 0 Å². The van der Waals surface area contributed by atoms with Crippen molar-refractivity contribution in [3.8, 4) is 5.75 Å². The van der Waals surface area contributed by atoms with Crippen LogP contribution in [0.1, 0.15) is 40.9 Å². The quantitative estimate of drug-likeness (QED) is 0.664. The summed E-state index contributed by atoms with van der Waals surface area (Å²) in [5.41, 5.74) is 5.11. The molecule has 1 atom stereocenters. The summed E-state index contributed by atoms with van der Waals surface area (Å²) in [6, 6.07) is 14.9. The predicted octanol–water partition coefficient (Wildman–Crippen LogP) is 5.57. The Hall–Kier alpha value is -1.28. The van der Waals surface area contributed by atoms with Crippen molar-refractivity contribution in [2.45, 2.75) is 38.6 Å². The number of hydrogen-bond acceptors (Lipinski definition) is 1. The lowest BCUT2D eigenvalue weighted by molar-refractivity contribution is 0.242. The zero-order valence-corrected chi connectivity index (χ0v) is 14.1. The second-order valence-electron chi connectivity index (χ2n) is 5.46. The van der Waals surface area contributed by atoms with Gasteiger partial charge in [0.15, 0.2) is 0 Å². The van der Waals surface area contributed by atoms with Crippen LogP contribution in [0.5, 0.6) is 5.75 Å². The first-order valence-corrected chi connectivity index (χ1v) is 7.87. The van der Waals surface area contributed by atoms with Crippen LogP contribution in [0.15, 0.2) is 42.5 Å². The van der Waals surface area contributed by atoms with Crippen LogP contribution in [0.4, 0.5) is 0 Å². The Bertz CT molecular complexity index is 590. The highest BCUT2D eigenvalue weighted by Crippen LogP contribution is 2.34. The van der Waals surface area contributed by atoms with E-state index in [1.807, 2.05) is 26.0 Å². The van der Waals surface area contributed by atoms with Crippen molar-refractivity contribution < 1.29 is 4.74 Å². The molecule has 0 saturated carbocycles. The molecule has 0 aliphatic heterocycles. The van der Waals surface area contributed by atoms with Crippen LogP contribution >= 0.6 is 15.9 Å². The van der Waals surface area contributed by atoms with E-state index in [0.717, 1.165) is 5.75 Å². The molecule has 1 nitrogen and oxygen atoms in total. The molecule has 0 heterocycles. The molecule has 0 aliphatic carbocycles. The van der Waals surface area contributed by atoms with E-state index in [0.29, 0.717) is 0 Å². The van der Waals surface area contributed by atoms with Gasteiger partial charge in [-0.25, -0.2) is 0 Å². The normalized spacial score (nSPS) is 12.5. The van der Waals surface area contributed by atoms with Gasteiger partial charge in [0.25, 0.3) is 0 Å². The van der Waals surface area contributed by atoms with E-state index in [2.05, 4.69) is 60.1 Å². The molecule has 0 amide bonds. The molecule has 0 aliphatic rings. The first-order chi connectivity index (χ1) is 9.47. The van der Waals surface area contributed by atoms with Gasteiger partial charge >= 0.3 is 0 Å². The number of rotatable bonds is 4. The standard InChI is InChI=1S/C18H21BrO/c1-12(2)20-16-7-5-6-15(11-16)18(19)17-10-13(3)8-9-14(17)4/h5-12,18H,1-4H3. The Balaban J connectivity index is 2.33. The van der Waals surface area contributed by atoms with Crippen LogP contribution in [0, 0.1) is 13.8 Å². The Morgan fingerprint density at radius 3 is 2.45 bits per heavy atom. The van der Waals surface area contributed by atoms with E-state index in [1.54, 1.807) is 0 Å². The summed E-state index contributed by atoms with van der Waals surface area (Å²) in [4.78, 5) is 0.193. The van der Waals surface area contributed by atoms with Gasteiger partial charge in [-0.05, 0) is 56.5 Å². The maximum atomic E-state index is 5.77. The topological polar surface area (TPSA) is 9.23 Å². The maximum absolute atomic E-state index is 5.77. The third-order valence-corrected chi connectivity index (χ3v) is 4.25. The molecule has 0 spiro atoms. The summed E-state index contributed by atoms with van der Waals surface area (Å²) in [6.07, 6.45) is 0.194. The highest BCUT2D eigenvalue weighted by molar-refractivity contribution is 9.09. The molecule has 0 fully saturated rings. The van der Waals surface area contributed by atoms with E-state index in [-0.39, 0.29) is 10.9 Å². The number of benzene rings is 2. The van der Waals surface area contributed by atoms with E-state index >= 15 is 0 Å². The van der Waals surface area contributed by atoms with Gasteiger partial charge in [0.05, 0.1) is 10.9 Å². The van der Waals surface area contributed by atoms with E-state index in [9.17, 15) is 0 Å². The molecule has 20 heavy (non-hydrogen) atoms. The fourth-order valence-electron chi connectivity index (χ4n) is 2.23. The maximum Gasteiger partial charge on any atom is 0.120 e. The number of aryl methyl sites for hydroxylation is 2. The average Bonchev–Trinajstić information content (AvgIpc) is 2.40. The van der Waals surface area contributed by atoms with Gasteiger partial charge in [-0.1, -0.05) is 51.8 Å². The molecule has 0 aromatic heterocycles. The molecule has 0 radical (unpaired) electrons. The lowest BCUT2D eigenvalue weighted by atomic mass is 9.98. The Morgan fingerprint density at radius 2 is 1.75 bits per heavy atom. The van der Waals surface area contributed by atoms with E-state index in [4.69, 9.17) is 4.74 Å². The smallest absolute Gasteiger partial charge is 0.120 e. The number of alkyl halides is 1. The summed E-state index contributed by atoms with van der Waals surface area (Å²) >= 11 is 3.82. The lowest BCUT2D eigenvalue weighted by Gasteiger charge is -2.16. The molecule has 2 aromatic carbocycles. The zero-order valence-electron chi connectivity index (χ0n) is 12.5. The van der Waals surface area contributed by atoms with Gasteiger partial charge in [0.1, 0.15) is 5.75 Å². The Kier molecular flexibility index (Phi) is 4.87. The fourth-order valence-corrected chi connectivity index (χ4v) is 3.01. The van der Waals surface area contributed by atoms with Crippen molar-refractivity contribution in [1.29, 1.82) is 0 Å². The summed E-state index contributed by atoms with van der Waals surface area (Å²) in [5.74, 6) is 0.923. The number of ether oxygens (including phenoxy) is 1. The second kappa shape index (κ2) is 6.45. The van der Waals surface area contributed by atoms with Gasteiger partial charge < -0.3 is 4.74 Å². The van der Waals surface area contributed by atoms with Crippen molar-refractivity contribution >= 4 is 15.9 Å². The zero-order chi connectivity index (χ0) is 14.7. The highest BCUT2D eigenvalue weighted by atomic mass is 79.9. The van der Waals surface area contributed by atoms with Crippen molar-refractivity contribution in [2.75, 3.05) is 0 Å². The summed E-state index contributed by atoms with van der Waals surface area (Å²) < 4.78 is 5.77. The molecule has 0 saturated heterocycles. The second-order valence-corrected chi connectivity index (χ2v) is 6.38. The molecule has 106 valence electrons. The third-order valence-electron chi connectivity index (χ3n) is 3.23. The van der Waals surface area contributed by atoms with Crippen molar-refractivity contribution in [1.82, 2.24) is 0 Å². The Morgan fingerprint density at radius 1 is 1.00 bits per heavy atom. The molecular weight excluding hydrogens is 312 g/mol. The van der Waals surface area contributed by atoms with E-state index in [1.165, 1.54) is 22.3 Å². The fraction of sp³-hybridized carbons (Fsp3) is 0.333. The first-order valence-electron chi connectivity index (χ1n) is 6.95. The molecular formula is C18H21BrO. The Labute approximate surface area is 130 Å². The summed E-state index contributed by atoms with van der Waals surface area (Å²) in [6.45, 7) is 8.37.